The zero-order chi connectivity index (χ0) is 39.5. The molecule has 4 fully saturated rings. The summed E-state index contributed by atoms with van der Waals surface area (Å²) in [4.78, 5) is 52.5. The van der Waals surface area contributed by atoms with Crippen LogP contribution in [0.3, 0.4) is 0 Å². The van der Waals surface area contributed by atoms with E-state index in [4.69, 9.17) is 18.9 Å². The predicted octanol–water partition coefficient (Wildman–Crippen LogP) is 6.68. The van der Waals surface area contributed by atoms with E-state index >= 15 is 8.78 Å². The van der Waals surface area contributed by atoms with Crippen LogP contribution in [0.2, 0.25) is 0 Å². The summed E-state index contributed by atoms with van der Waals surface area (Å²) in [5, 5.41) is 14.7. The number of amides is 1. The number of benzene rings is 1. The first-order valence-electron chi connectivity index (χ1n) is 19.3. The van der Waals surface area contributed by atoms with Gasteiger partial charge in [-0.1, -0.05) is 54.0 Å². The van der Waals surface area contributed by atoms with Crippen LogP contribution in [-0.4, -0.2) is 78.0 Å². The van der Waals surface area contributed by atoms with Crippen molar-refractivity contribution in [3.05, 3.63) is 42.0 Å². The summed E-state index contributed by atoms with van der Waals surface area (Å²) in [6, 6.07) is 4.72. The van der Waals surface area contributed by atoms with E-state index in [-0.39, 0.29) is 66.3 Å². The average Bonchev–Trinajstić information content (AvgIpc) is 3.61. The lowest BCUT2D eigenvalue weighted by Crippen LogP contribution is -2.71. The number of aliphatic hydroxyl groups excluding tert-OH is 1. The number of allylic oxidation sites excluding steroid dienone is 4. The van der Waals surface area contributed by atoms with E-state index in [1.54, 1.807) is 32.0 Å². The molecule has 1 amide bonds. The Kier molecular flexibility index (Phi) is 10.8. The summed E-state index contributed by atoms with van der Waals surface area (Å²) in [5.41, 5.74) is -6.22. The Morgan fingerprint density at radius 3 is 2.50 bits per heavy atom. The van der Waals surface area contributed by atoms with Crippen molar-refractivity contribution < 1.29 is 52.0 Å². The first-order chi connectivity index (χ1) is 25.4. The van der Waals surface area contributed by atoms with E-state index in [0.29, 0.717) is 18.5 Å². The molecule has 1 unspecified atom stereocenters. The third-order valence-corrected chi connectivity index (χ3v) is 13.6. The quantitative estimate of drug-likeness (QED) is 0.226. The minimum Gasteiger partial charge on any atom is -0.494 e. The van der Waals surface area contributed by atoms with Gasteiger partial charge in [0.25, 0.3) is 0 Å². The van der Waals surface area contributed by atoms with Gasteiger partial charge in [0.15, 0.2) is 23.3 Å². The number of methoxy groups -OCH3 is 1. The van der Waals surface area contributed by atoms with E-state index in [9.17, 15) is 24.3 Å². The van der Waals surface area contributed by atoms with Gasteiger partial charge in [-0.3, -0.25) is 19.2 Å². The summed E-state index contributed by atoms with van der Waals surface area (Å²) in [5.74, 6) is -2.78. The van der Waals surface area contributed by atoms with Crippen molar-refractivity contribution in [2.24, 2.45) is 40.4 Å². The molecule has 0 radical (unpaired) electrons. The maximum atomic E-state index is 17.8. The number of halogens is 2. The number of ether oxygens (including phenoxy) is 4. The molecule has 1 aliphatic heterocycles. The van der Waals surface area contributed by atoms with Gasteiger partial charge in [0.05, 0.1) is 25.0 Å². The van der Waals surface area contributed by atoms with Gasteiger partial charge in [-0.15, -0.1) is 0 Å². The second kappa shape index (κ2) is 14.5. The smallest absolute Gasteiger partial charge is 0.227 e. The van der Waals surface area contributed by atoms with E-state index in [2.05, 4.69) is 5.32 Å². The first-order valence-corrected chi connectivity index (χ1v) is 19.3. The minimum atomic E-state index is -2.31. The summed E-state index contributed by atoms with van der Waals surface area (Å²) < 4.78 is 58.4. The van der Waals surface area contributed by atoms with Gasteiger partial charge < -0.3 is 29.4 Å². The third kappa shape index (κ3) is 6.15. The molecule has 5 aliphatic rings. The standard InChI is InChI=1S/C42H55F2NO9/c1-9-10-37-53-36-19-27-28-18-30(43)29-16-25(46)13-14-39(29,6)41(28,44)34(48)20-40(27,7)42(36,54-37)35(49)21-52-26-11-12-31(33(17-26)51-8)45-38(50)23(4)15-32(47)24(5)22(2)3/h11-14,16-17,22-24,27-28,30,34,36-37,48H,9-10,15,18-21H2,1-8H3,(H,45,50)/t23-,24+,27+,28+,30+,34+,36-,37?,39+,40+,41+,42-/m1/s1. The van der Waals surface area contributed by atoms with Crippen molar-refractivity contribution in [1.82, 2.24) is 0 Å². The monoisotopic (exact) mass is 755 g/mol. The molecule has 54 heavy (non-hydrogen) atoms. The number of carbonyl (C=O) groups is 4. The average molecular weight is 756 g/mol. The number of fused-ring (bicyclic) bond motifs is 7. The zero-order valence-corrected chi connectivity index (χ0v) is 32.6. The number of hydrogen-bond acceptors (Lipinski definition) is 9. The highest BCUT2D eigenvalue weighted by atomic mass is 19.1. The van der Waals surface area contributed by atoms with Crippen LogP contribution >= 0.6 is 0 Å². The predicted molar refractivity (Wildman–Crippen MR) is 196 cm³/mol. The Bertz CT molecular complexity index is 1750. The highest BCUT2D eigenvalue weighted by molar-refractivity contribution is 6.01. The Hall–Kier alpha value is -3.48. The second-order valence-corrected chi connectivity index (χ2v) is 17.0. The molecule has 12 atom stereocenters. The summed E-state index contributed by atoms with van der Waals surface area (Å²) in [6.45, 7) is 12.4. The Morgan fingerprint density at radius 1 is 1.11 bits per heavy atom. The number of rotatable bonds is 13. The van der Waals surface area contributed by atoms with Crippen LogP contribution in [0.4, 0.5) is 14.5 Å². The Balaban J connectivity index is 1.23. The third-order valence-electron chi connectivity index (χ3n) is 13.6. The molecular formula is C42H55F2NO9. The van der Waals surface area contributed by atoms with Crippen LogP contribution in [0.15, 0.2) is 42.0 Å². The van der Waals surface area contributed by atoms with Gasteiger partial charge in [0.2, 0.25) is 11.7 Å². The van der Waals surface area contributed by atoms with Crippen LogP contribution in [0.1, 0.15) is 87.0 Å². The molecule has 1 saturated heterocycles. The molecule has 0 aromatic heterocycles. The molecular weight excluding hydrogens is 700 g/mol. The highest BCUT2D eigenvalue weighted by Gasteiger charge is 2.80. The molecule has 10 nitrogen and oxygen atoms in total. The normalized spacial score (nSPS) is 37.7. The number of nitrogens with one attached hydrogen (secondary N) is 1. The maximum absolute atomic E-state index is 17.8. The summed E-state index contributed by atoms with van der Waals surface area (Å²) in [6.07, 6.45) is 0.233. The Morgan fingerprint density at radius 2 is 1.83 bits per heavy atom. The minimum absolute atomic E-state index is 0.0200. The van der Waals surface area contributed by atoms with Crippen molar-refractivity contribution in [2.45, 2.75) is 123 Å². The molecule has 2 N–H and O–H groups in total. The van der Waals surface area contributed by atoms with Crippen LogP contribution in [0.25, 0.3) is 0 Å². The molecule has 12 heteroatoms. The highest BCUT2D eigenvalue weighted by Crippen LogP contribution is 2.72. The zero-order valence-electron chi connectivity index (χ0n) is 32.6. The summed E-state index contributed by atoms with van der Waals surface area (Å²) >= 11 is 0. The van der Waals surface area contributed by atoms with Gasteiger partial charge in [-0.05, 0) is 74.3 Å². The number of alkyl halides is 2. The van der Waals surface area contributed by atoms with Crippen molar-refractivity contribution in [3.63, 3.8) is 0 Å². The van der Waals surface area contributed by atoms with Gasteiger partial charge in [-0.2, -0.15) is 0 Å². The number of anilines is 1. The molecule has 0 bridgehead atoms. The van der Waals surface area contributed by atoms with E-state index in [1.807, 2.05) is 34.6 Å². The molecule has 1 heterocycles. The van der Waals surface area contributed by atoms with Gasteiger partial charge in [0.1, 0.15) is 30.1 Å². The molecule has 3 saturated carbocycles. The molecule has 1 aromatic carbocycles. The van der Waals surface area contributed by atoms with E-state index in [0.717, 1.165) is 6.08 Å². The SMILES string of the molecule is CCCC1O[C@@H]2C[C@H]3[C@@H]4C[C@H](F)C5=CC(=O)C=C[C@]5(C)[C@@]4(F)[C@@H](O)C[C@]3(C)[C@]2(C(=O)COc2ccc(NC(=O)[C@H](C)CC(=O)[C@@H](C)C(C)C)c(OC)c2)O1. The Labute approximate surface area is 316 Å². The van der Waals surface area contributed by atoms with Gasteiger partial charge >= 0.3 is 0 Å². The lowest BCUT2D eigenvalue weighted by atomic mass is 9.44. The lowest BCUT2D eigenvalue weighted by molar-refractivity contribution is -0.234. The molecule has 6 rings (SSSR count). The number of Topliss-reactive ketones (excluding diaryl/α,β-unsaturated/α-hetero) is 2. The van der Waals surface area contributed by atoms with Crippen molar-refractivity contribution in [3.8, 4) is 11.5 Å². The van der Waals surface area contributed by atoms with Gasteiger partial charge in [0, 0.05) is 41.1 Å². The number of aliphatic hydroxyl groups is 1. The van der Waals surface area contributed by atoms with Crippen molar-refractivity contribution in [1.29, 1.82) is 0 Å². The maximum Gasteiger partial charge on any atom is 0.227 e. The van der Waals surface area contributed by atoms with Crippen molar-refractivity contribution >= 4 is 28.9 Å². The molecule has 0 spiro atoms. The first kappa shape index (κ1) is 40.2. The fourth-order valence-corrected chi connectivity index (χ4v) is 10.2. The van der Waals surface area contributed by atoms with Crippen LogP contribution in [0, 0.1) is 40.4 Å². The molecule has 1 aromatic rings. The summed E-state index contributed by atoms with van der Waals surface area (Å²) in [7, 11) is 1.44. The molecule has 4 aliphatic carbocycles. The van der Waals surface area contributed by atoms with Crippen LogP contribution < -0.4 is 14.8 Å². The van der Waals surface area contributed by atoms with Crippen LogP contribution in [0.5, 0.6) is 11.5 Å². The van der Waals surface area contributed by atoms with E-state index < -0.39 is 82.7 Å². The topological polar surface area (TPSA) is 137 Å². The number of ketones is 3. The molecule has 296 valence electrons. The lowest BCUT2D eigenvalue weighted by Gasteiger charge is -2.63. The van der Waals surface area contributed by atoms with E-state index in [1.165, 1.54) is 19.3 Å². The van der Waals surface area contributed by atoms with Crippen LogP contribution in [-0.2, 0) is 28.7 Å². The fraction of sp³-hybridized carbons (Fsp3) is 0.667. The fourth-order valence-electron chi connectivity index (χ4n) is 10.2. The second-order valence-electron chi connectivity index (χ2n) is 17.0. The van der Waals surface area contributed by atoms with Gasteiger partial charge in [-0.25, -0.2) is 8.78 Å². The van der Waals surface area contributed by atoms with Crippen molar-refractivity contribution in [2.75, 3.05) is 19.0 Å². The number of carbonyl (C=O) groups excluding carboxylic acids is 4. The largest absolute Gasteiger partial charge is 0.494 e. The number of hydrogen-bond donors (Lipinski definition) is 2.